The Hall–Kier alpha value is -4.44. The fourth-order valence-corrected chi connectivity index (χ4v) is 24.9. The Morgan fingerprint density at radius 1 is 0.947 bits per heavy atom. The molecule has 0 spiro atoms. The van der Waals surface area contributed by atoms with Crippen LogP contribution in [0, 0.1) is 106 Å². The van der Waals surface area contributed by atoms with Crippen LogP contribution >= 0.6 is 21.6 Å². The highest BCUT2D eigenvalue weighted by atomic mass is 33.1. The maximum Gasteiger partial charge on any atom is 0.314 e. The first-order valence-corrected chi connectivity index (χ1v) is 37.8. The highest BCUT2D eigenvalue weighted by molar-refractivity contribution is 8.76. The number of carbonyl (C=O) groups excluding carboxylic acids is 3. The van der Waals surface area contributed by atoms with E-state index in [0.717, 1.165) is 56.2 Å². The highest BCUT2D eigenvalue weighted by Crippen LogP contribution is 2.75. The number of benzene rings is 1. The molecule has 19 nitrogen and oxygen atoms in total. The SMILES string of the molecule is CC[C@H]1OC(=O)[C@H](c2cc[nH]c2)[C@H]1[C@H]1C#CC[C@H]2C[C@@]3(O)C4=C5N[C@H](CO)C(=O)C[C@@H](c6ccc(O)cc6)CSSC[C@@H]6[C@@H](O)[C@@H](O)C[C@@]([C@H]7CCC[C@@H](CNC)C7)([C@@H]6C5=O)[C@H]4CC[C@]3(CCN=C(N)N)[C@H]2[C@@](C)(O)[C@H](O)C[C@@H](C(O)O)[C@@H]2CC=C3CC[C@H](C)C[C@@H]3[C@@H]2C1. The fraction of sp³-hybridized carbons (Fsp3) is 0.726. The van der Waals surface area contributed by atoms with Crippen molar-refractivity contribution in [2.75, 3.05) is 38.2 Å². The number of cyclic esters (lactones) is 1. The molecule has 2 bridgehead atoms. The molecule has 2 aromatic rings. The third-order valence-electron chi connectivity index (χ3n) is 26.0. The smallest absolute Gasteiger partial charge is 0.314 e. The summed E-state index contributed by atoms with van der Waals surface area (Å²) in [5, 5.41) is 121. The minimum Gasteiger partial charge on any atom is -0.508 e. The number of aromatic amines is 1. The fourth-order valence-electron chi connectivity index (χ4n) is 22.1. The summed E-state index contributed by atoms with van der Waals surface area (Å²) in [6.07, 6.45) is 7.08. The Labute approximate surface area is 561 Å². The van der Waals surface area contributed by atoms with Gasteiger partial charge in [0.15, 0.2) is 23.8 Å². The van der Waals surface area contributed by atoms with Crippen LogP contribution in [0.5, 0.6) is 5.75 Å². The first-order chi connectivity index (χ1) is 45.0. The molecule has 516 valence electrons. The molecule has 2 aliphatic heterocycles. The van der Waals surface area contributed by atoms with E-state index in [-0.39, 0.29) is 110 Å². The van der Waals surface area contributed by atoms with Gasteiger partial charge in [-0.25, -0.2) is 0 Å². The third-order valence-corrected chi connectivity index (χ3v) is 28.6. The number of ketones is 2. The summed E-state index contributed by atoms with van der Waals surface area (Å²) in [7, 11) is 4.94. The van der Waals surface area contributed by atoms with Crippen molar-refractivity contribution in [3.05, 3.63) is 76.8 Å². The minimum absolute atomic E-state index is 0.0237. The number of H-pyrrole nitrogens is 1. The van der Waals surface area contributed by atoms with Gasteiger partial charge in [0, 0.05) is 90.1 Å². The number of aliphatic hydroxyl groups is 8. The van der Waals surface area contributed by atoms with Crippen molar-refractivity contribution < 1.29 is 65.1 Å². The number of aliphatic imine (C=N–C) groups is 1. The molecule has 16 N–H and O–H groups in total. The van der Waals surface area contributed by atoms with Gasteiger partial charge in [0.25, 0.3) is 0 Å². The van der Waals surface area contributed by atoms with Crippen LogP contribution in [0.25, 0.3) is 0 Å². The minimum atomic E-state index is -2.13. The van der Waals surface area contributed by atoms with Gasteiger partial charge in [-0.1, -0.05) is 71.6 Å². The zero-order chi connectivity index (χ0) is 66.8. The molecule has 3 heterocycles. The second-order valence-electron chi connectivity index (χ2n) is 30.8. The van der Waals surface area contributed by atoms with E-state index in [9.17, 15) is 45.6 Å². The van der Waals surface area contributed by atoms with Gasteiger partial charge in [0.1, 0.15) is 17.9 Å². The van der Waals surface area contributed by atoms with Crippen molar-refractivity contribution in [3.63, 3.8) is 0 Å². The lowest BCUT2D eigenvalue weighted by atomic mass is 9.39. The third kappa shape index (κ3) is 12.3. The Kier molecular flexibility index (Phi) is 20.7. The van der Waals surface area contributed by atoms with E-state index in [1.54, 1.807) is 37.4 Å². The zero-order valence-electron chi connectivity index (χ0n) is 55.2. The number of rotatable bonds is 12. The number of carbonyl (C=O) groups is 3. The molecule has 1 aromatic heterocycles. The lowest BCUT2D eigenvalue weighted by molar-refractivity contribution is -0.209. The van der Waals surface area contributed by atoms with E-state index in [2.05, 4.69) is 45.5 Å². The molecule has 0 amide bonds. The van der Waals surface area contributed by atoms with Gasteiger partial charge in [-0.15, -0.1) is 5.92 Å². The molecule has 25 atom stereocenters. The number of ether oxygens (including phenoxy) is 1. The molecular weight excluding hydrogens is 1230 g/mol. The average molecular weight is 1340 g/mol. The molecule has 21 heteroatoms. The van der Waals surface area contributed by atoms with Crippen LogP contribution < -0.4 is 22.1 Å². The Balaban J connectivity index is 1.08. The molecule has 94 heavy (non-hydrogen) atoms. The standard InChI is InChI=1S/C73H104N6O13S2/c1-5-57-59(60(68(89)92-57)44-21-24-77-34-44)42-9-7-10-43-31-73(91)62-53(20-22-71(73,23-25-78-69(74)75)66(43)70(3,90)58(84)30-51(67(87)88)48-19-16-41-13-12-38(2)26-49(41)50(48)28-42)72(46-11-6-8-39(27-46)33-76-4)32-56(83)64(85)52-37-94-93-36-45(40-14-17-47(81)18-15-40)29-55(82)54(35-80)79-63(62)65(86)61(52)72/h14-18,21,24,34,38-39,42-43,45-46,48-54,56-61,64,66-67,76-77,79-81,83-85,87-88,90-91H,5-6,8,10-13,19-20,22-23,25-33,35-37H2,1-4H3,(H4,74,75,78)/t38-,39+,42-,43-,45+,46-,48+,49-,50+,51+,52-,53-,54+,56-,57+,58+,59-,60+,61-,64+,66+,70-,71-,72-,73+/m0/s1. The molecule has 7 fully saturated rings. The average Bonchev–Trinajstić information content (AvgIpc) is 1.29. The summed E-state index contributed by atoms with van der Waals surface area (Å²) in [5.41, 5.74) is 8.77. The number of aromatic nitrogens is 1. The number of allylic oxidation sites excluding steroid dienone is 3. The molecule has 5 saturated carbocycles. The van der Waals surface area contributed by atoms with Crippen LogP contribution in [-0.2, 0) is 19.1 Å². The van der Waals surface area contributed by atoms with Crippen molar-refractivity contribution in [1.82, 2.24) is 15.6 Å². The molecule has 10 aliphatic rings. The summed E-state index contributed by atoms with van der Waals surface area (Å²) in [6.45, 7) is 5.82. The van der Waals surface area contributed by atoms with E-state index in [1.165, 1.54) is 27.2 Å². The molecule has 12 rings (SSSR count). The number of Topliss-reactive ketones (excluding diaryl/α,β-unsaturated/α-hetero) is 2. The number of hydrogen-bond donors (Lipinski definition) is 14. The van der Waals surface area contributed by atoms with Crippen LogP contribution in [0.4, 0.5) is 0 Å². The van der Waals surface area contributed by atoms with Gasteiger partial charge in [0.2, 0.25) is 0 Å². The number of hydrogen-bond acceptors (Lipinski definition) is 18. The number of aliphatic hydroxyl groups excluding tert-OH is 5. The first kappa shape index (κ1) is 69.5. The Morgan fingerprint density at radius 3 is 2.44 bits per heavy atom. The van der Waals surface area contributed by atoms with Gasteiger partial charge in [-0.2, -0.15) is 0 Å². The predicted octanol–water partition coefficient (Wildman–Crippen LogP) is 6.32. The van der Waals surface area contributed by atoms with E-state index < -0.39 is 136 Å². The Bertz CT molecular complexity index is 3220. The van der Waals surface area contributed by atoms with Gasteiger partial charge < -0.3 is 77.8 Å². The number of guanidine groups is 1. The summed E-state index contributed by atoms with van der Waals surface area (Å²) >= 11 is 0. The summed E-state index contributed by atoms with van der Waals surface area (Å²) in [5.74, 6) is -0.259. The summed E-state index contributed by atoms with van der Waals surface area (Å²) < 4.78 is 6.33. The van der Waals surface area contributed by atoms with Crippen molar-refractivity contribution in [2.45, 2.75) is 196 Å². The summed E-state index contributed by atoms with van der Waals surface area (Å²) in [4.78, 5) is 54.4. The van der Waals surface area contributed by atoms with Crippen molar-refractivity contribution >= 4 is 45.1 Å². The number of aromatic hydroxyl groups is 1. The number of nitrogens with zero attached hydrogens (tertiary/aromatic N) is 1. The highest BCUT2D eigenvalue weighted by Gasteiger charge is 2.76. The van der Waals surface area contributed by atoms with Gasteiger partial charge in [-0.05, 0) is 204 Å². The number of phenols is 1. The van der Waals surface area contributed by atoms with E-state index in [4.69, 9.17) is 16.2 Å². The first-order valence-electron chi connectivity index (χ1n) is 35.3. The second-order valence-corrected chi connectivity index (χ2v) is 33.4. The number of nitrogens with two attached hydrogens (primary N) is 2. The summed E-state index contributed by atoms with van der Waals surface area (Å²) in [6, 6.07) is 7.23. The van der Waals surface area contributed by atoms with Crippen molar-refractivity contribution in [2.24, 2.45) is 110 Å². The molecule has 0 unspecified atom stereocenters. The molecular formula is C73H104N6O13S2. The topological polar surface area (TPSA) is 347 Å². The maximum absolute atomic E-state index is 17.1. The molecule has 0 radical (unpaired) electrons. The number of fused-ring (bicyclic) bond motifs is 10. The van der Waals surface area contributed by atoms with Crippen LogP contribution in [0.2, 0.25) is 0 Å². The van der Waals surface area contributed by atoms with E-state index in [0.29, 0.717) is 49.3 Å². The van der Waals surface area contributed by atoms with Crippen molar-refractivity contribution in [3.8, 4) is 17.6 Å². The van der Waals surface area contributed by atoms with Crippen LogP contribution in [-0.4, -0.2) is 161 Å². The predicted molar refractivity (Wildman–Crippen MR) is 361 cm³/mol. The van der Waals surface area contributed by atoms with E-state index >= 15 is 14.7 Å². The molecule has 2 saturated heterocycles. The van der Waals surface area contributed by atoms with Crippen LogP contribution in [0.1, 0.15) is 159 Å². The lowest BCUT2D eigenvalue weighted by Gasteiger charge is -2.66. The number of phenolic OH excluding ortho intramolecular Hbond substituents is 1. The monoisotopic (exact) mass is 1340 g/mol. The lowest BCUT2D eigenvalue weighted by Crippen LogP contribution is -2.69. The number of esters is 1. The normalized spacial score (nSPS) is 43.5. The molecule has 1 aromatic carbocycles. The van der Waals surface area contributed by atoms with Crippen LogP contribution in [0.15, 0.2) is 70.6 Å². The molecule has 8 aliphatic carbocycles. The largest absolute Gasteiger partial charge is 0.508 e. The van der Waals surface area contributed by atoms with Gasteiger partial charge in [-0.3, -0.25) is 19.4 Å². The van der Waals surface area contributed by atoms with Gasteiger partial charge in [0.05, 0.1) is 47.7 Å². The van der Waals surface area contributed by atoms with E-state index in [1.807, 2.05) is 26.2 Å². The second kappa shape index (κ2) is 28.1. The van der Waals surface area contributed by atoms with Gasteiger partial charge >= 0.3 is 5.97 Å². The zero-order valence-corrected chi connectivity index (χ0v) is 56.8. The number of nitrogens with one attached hydrogen (secondary N) is 3. The quantitative estimate of drug-likeness (QED) is 0.0210. The maximum atomic E-state index is 17.1. The Morgan fingerprint density at radius 2 is 1.72 bits per heavy atom. The van der Waals surface area contributed by atoms with Crippen molar-refractivity contribution in [1.29, 1.82) is 0 Å². The van der Waals surface area contributed by atoms with Crippen LogP contribution in [0.3, 0.4) is 0 Å².